The molecule has 17 heavy (non-hydrogen) atoms. The number of rotatable bonds is 4. The van der Waals surface area contributed by atoms with E-state index in [-0.39, 0.29) is 5.75 Å². The van der Waals surface area contributed by atoms with Crippen LogP contribution in [-0.2, 0) is 16.7 Å². The zero-order valence-corrected chi connectivity index (χ0v) is 12.0. The molecule has 0 amide bonds. The van der Waals surface area contributed by atoms with Crippen LogP contribution >= 0.6 is 0 Å². The van der Waals surface area contributed by atoms with Crippen LogP contribution in [0.2, 0.25) is 0 Å². The Morgan fingerprint density at radius 1 is 1.35 bits per heavy atom. The Balaban J connectivity index is 2.21. The van der Waals surface area contributed by atoms with Gasteiger partial charge in [-0.2, -0.15) is 0 Å². The molecule has 0 aliphatic heterocycles. The zero-order chi connectivity index (χ0) is 12.5. The molecule has 0 radical (unpaired) electrons. The molecule has 0 spiro atoms. The number of para-hydroxylation sites is 1. The molecule has 0 atom stereocenters. The molecule has 0 fully saturated rings. The van der Waals surface area contributed by atoms with Crippen LogP contribution in [0.3, 0.4) is 0 Å². The van der Waals surface area contributed by atoms with Gasteiger partial charge in [0.2, 0.25) is 0 Å². The molecule has 1 aromatic heterocycles. The first kappa shape index (κ1) is 12.8. The summed E-state index contributed by atoms with van der Waals surface area (Å²) >= 11 is 0.342. The Hall–Kier alpha value is -0.681. The fraction of sp³-hybridized carbons (Fsp3) is 0.364. The SMILES string of the molecule is Cc1[se]c2ccccc2[n+]1CCCS(=O)(=O)O. The summed E-state index contributed by atoms with van der Waals surface area (Å²) in [6.45, 7) is 2.72. The minimum atomic E-state index is -3.84. The van der Waals surface area contributed by atoms with E-state index in [0.717, 1.165) is 0 Å². The van der Waals surface area contributed by atoms with E-state index in [4.69, 9.17) is 4.55 Å². The molecule has 92 valence electrons. The van der Waals surface area contributed by atoms with Gasteiger partial charge >= 0.3 is 106 Å². The predicted octanol–water partition coefficient (Wildman–Crippen LogP) is 0.771. The number of fused-ring (bicyclic) bond motifs is 1. The van der Waals surface area contributed by atoms with Crippen molar-refractivity contribution in [3.63, 3.8) is 0 Å². The van der Waals surface area contributed by atoms with Crippen LogP contribution in [0, 0.1) is 6.92 Å². The summed E-state index contributed by atoms with van der Waals surface area (Å²) in [6, 6.07) is 8.18. The van der Waals surface area contributed by atoms with E-state index in [1.54, 1.807) is 0 Å². The Bertz CT molecular complexity index is 633. The molecule has 4 nitrogen and oxygen atoms in total. The van der Waals surface area contributed by atoms with E-state index in [9.17, 15) is 8.42 Å². The first-order valence-corrected chi connectivity index (χ1v) is 8.63. The molecule has 0 aliphatic carbocycles. The van der Waals surface area contributed by atoms with Crippen LogP contribution in [-0.4, -0.2) is 33.2 Å². The molecule has 0 bridgehead atoms. The minimum absolute atomic E-state index is 0.175. The molecule has 2 rings (SSSR count). The van der Waals surface area contributed by atoms with Gasteiger partial charge < -0.3 is 0 Å². The molecule has 1 aromatic carbocycles. The Kier molecular flexibility index (Phi) is 3.68. The first-order chi connectivity index (χ1) is 7.97. The quantitative estimate of drug-likeness (QED) is 0.514. The Labute approximate surface area is 106 Å². The summed E-state index contributed by atoms with van der Waals surface area (Å²) in [7, 11) is -3.84. The fourth-order valence-corrected chi connectivity index (χ4v) is 4.52. The molecule has 6 heteroatoms. The van der Waals surface area contributed by atoms with Crippen molar-refractivity contribution in [1.82, 2.24) is 0 Å². The molecular weight excluding hydrogens is 305 g/mol. The Morgan fingerprint density at radius 3 is 2.76 bits per heavy atom. The van der Waals surface area contributed by atoms with Gasteiger partial charge in [0.25, 0.3) is 0 Å². The maximum absolute atomic E-state index is 10.7. The average Bonchev–Trinajstić information content (AvgIpc) is 2.54. The second kappa shape index (κ2) is 4.90. The van der Waals surface area contributed by atoms with Gasteiger partial charge in [-0.3, -0.25) is 0 Å². The van der Waals surface area contributed by atoms with Crippen molar-refractivity contribution in [2.75, 3.05) is 5.75 Å². The van der Waals surface area contributed by atoms with E-state index in [0.29, 0.717) is 27.5 Å². The fourth-order valence-electron chi connectivity index (χ4n) is 1.83. The molecule has 0 saturated carbocycles. The van der Waals surface area contributed by atoms with Gasteiger partial charge in [-0.05, 0) is 0 Å². The van der Waals surface area contributed by atoms with Crippen molar-refractivity contribution in [3.8, 4) is 0 Å². The number of hydrogen-bond acceptors (Lipinski definition) is 2. The van der Waals surface area contributed by atoms with Gasteiger partial charge in [-0.15, -0.1) is 0 Å². The number of aryl methyl sites for hydroxylation is 2. The first-order valence-electron chi connectivity index (χ1n) is 5.30. The van der Waals surface area contributed by atoms with Gasteiger partial charge in [0, 0.05) is 0 Å². The van der Waals surface area contributed by atoms with Crippen LogP contribution in [0.1, 0.15) is 11.0 Å². The van der Waals surface area contributed by atoms with Crippen LogP contribution in [0.15, 0.2) is 24.3 Å². The van der Waals surface area contributed by atoms with Gasteiger partial charge in [-0.25, -0.2) is 0 Å². The van der Waals surface area contributed by atoms with E-state index >= 15 is 0 Å². The molecule has 2 aromatic rings. The third-order valence-electron chi connectivity index (χ3n) is 2.58. The summed E-state index contributed by atoms with van der Waals surface area (Å²) in [5.41, 5.74) is 1.18. The van der Waals surface area contributed by atoms with Crippen molar-refractivity contribution >= 4 is 34.4 Å². The molecule has 1 heterocycles. The standard InChI is InChI=1S/C11H13NO3SSe/c1-9-12(7-4-8-16(13,14)15)10-5-2-3-6-11(10)17-9/h2-3,5-6H,4,7-8H2,1H3/p+1. The van der Waals surface area contributed by atoms with Gasteiger partial charge in [0.05, 0.1) is 0 Å². The van der Waals surface area contributed by atoms with E-state index in [1.165, 1.54) is 14.3 Å². The monoisotopic (exact) mass is 320 g/mol. The second-order valence-electron chi connectivity index (χ2n) is 3.88. The molecular formula is C11H14NO3SSe+. The molecule has 0 saturated heterocycles. The zero-order valence-electron chi connectivity index (χ0n) is 9.46. The molecule has 1 N–H and O–H groups in total. The average molecular weight is 319 g/mol. The number of nitrogens with zero attached hydrogens (tertiary/aromatic N) is 1. The summed E-state index contributed by atoms with van der Waals surface area (Å²) in [6.07, 6.45) is 0.445. The van der Waals surface area contributed by atoms with Crippen molar-refractivity contribution in [2.45, 2.75) is 19.9 Å². The molecule has 0 unspecified atom stereocenters. The number of benzene rings is 1. The van der Waals surface area contributed by atoms with E-state index in [2.05, 4.69) is 23.6 Å². The topological polar surface area (TPSA) is 58.2 Å². The van der Waals surface area contributed by atoms with E-state index in [1.807, 2.05) is 12.1 Å². The normalized spacial score (nSPS) is 12.1. The third-order valence-corrected chi connectivity index (χ3v) is 5.65. The van der Waals surface area contributed by atoms with Crippen LogP contribution < -0.4 is 4.57 Å². The summed E-state index contributed by atoms with van der Waals surface area (Å²) in [4.78, 5) is 0. The summed E-state index contributed by atoms with van der Waals surface area (Å²) < 4.78 is 34.8. The van der Waals surface area contributed by atoms with Gasteiger partial charge in [0.1, 0.15) is 0 Å². The van der Waals surface area contributed by atoms with Crippen molar-refractivity contribution < 1.29 is 17.5 Å². The van der Waals surface area contributed by atoms with Crippen LogP contribution in [0.25, 0.3) is 9.78 Å². The van der Waals surface area contributed by atoms with Crippen LogP contribution in [0.4, 0.5) is 0 Å². The second-order valence-corrected chi connectivity index (χ2v) is 8.04. The van der Waals surface area contributed by atoms with E-state index < -0.39 is 10.1 Å². The number of aromatic nitrogens is 1. The summed E-state index contributed by atoms with van der Waals surface area (Å²) in [5.74, 6) is -0.175. The van der Waals surface area contributed by atoms with Crippen molar-refractivity contribution in [1.29, 1.82) is 0 Å². The van der Waals surface area contributed by atoms with Gasteiger partial charge in [-0.1, -0.05) is 0 Å². The Morgan fingerprint density at radius 2 is 2.06 bits per heavy atom. The summed E-state index contributed by atoms with van der Waals surface area (Å²) in [5, 5.41) is 0. The van der Waals surface area contributed by atoms with Crippen LogP contribution in [0.5, 0.6) is 0 Å². The molecule has 0 aliphatic rings. The third kappa shape index (κ3) is 3.16. The van der Waals surface area contributed by atoms with Crippen molar-refractivity contribution in [2.24, 2.45) is 0 Å². The maximum atomic E-state index is 10.7. The number of hydrogen-bond donors (Lipinski definition) is 1. The predicted molar refractivity (Wildman–Crippen MR) is 66.9 cm³/mol. The van der Waals surface area contributed by atoms with Gasteiger partial charge in [0.15, 0.2) is 0 Å². The van der Waals surface area contributed by atoms with Crippen molar-refractivity contribution in [3.05, 3.63) is 28.8 Å².